The largest absolute Gasteiger partial charge is 0.481 e. The maximum Gasteiger partial charge on any atom is 0.312 e. The molecular formula is C19H15FN2O3S. The van der Waals surface area contributed by atoms with Gasteiger partial charge in [-0.15, -0.1) is 11.3 Å². The van der Waals surface area contributed by atoms with Crippen LogP contribution in [0, 0.1) is 5.82 Å². The number of nitrogens with zero attached hydrogens (tertiary/aromatic N) is 1. The quantitative estimate of drug-likeness (QED) is 0.695. The molecule has 0 fully saturated rings. The molecular weight excluding hydrogens is 355 g/mol. The third-order valence-electron chi connectivity index (χ3n) is 3.81. The summed E-state index contributed by atoms with van der Waals surface area (Å²) in [6, 6.07) is 14.9. The summed E-state index contributed by atoms with van der Waals surface area (Å²) in [5.74, 6) is -2.79. The van der Waals surface area contributed by atoms with E-state index in [1.165, 1.54) is 11.4 Å². The van der Waals surface area contributed by atoms with E-state index in [2.05, 4.69) is 10.3 Å². The standard InChI is InChI=1S/C19H15FN2O3S/c20-15-9-5-4-8-13(15)18-22-16(11-26-18)17(23)21-10-14(19(24)25)12-6-2-1-3-7-12/h1-9,11,14H,10H2,(H,21,23)(H,24,25). The highest BCUT2D eigenvalue weighted by Crippen LogP contribution is 2.26. The van der Waals surface area contributed by atoms with Gasteiger partial charge in [0.25, 0.3) is 5.91 Å². The molecule has 132 valence electrons. The summed E-state index contributed by atoms with van der Waals surface area (Å²) in [5.41, 5.74) is 1.06. The number of benzene rings is 2. The number of nitrogens with one attached hydrogen (secondary N) is 1. The second kappa shape index (κ2) is 7.88. The first-order chi connectivity index (χ1) is 12.6. The van der Waals surface area contributed by atoms with E-state index in [4.69, 9.17) is 0 Å². The van der Waals surface area contributed by atoms with E-state index in [0.717, 1.165) is 11.3 Å². The van der Waals surface area contributed by atoms with Crippen molar-refractivity contribution in [1.82, 2.24) is 10.3 Å². The van der Waals surface area contributed by atoms with Crippen molar-refractivity contribution in [3.05, 3.63) is 77.1 Å². The molecule has 1 aromatic heterocycles. The molecule has 0 bridgehead atoms. The SMILES string of the molecule is O=C(NCC(C(=O)O)c1ccccc1)c1csc(-c2ccccc2F)n1. The molecule has 1 amide bonds. The number of carbonyl (C=O) groups is 2. The monoisotopic (exact) mass is 370 g/mol. The lowest BCUT2D eigenvalue weighted by molar-refractivity contribution is -0.138. The molecule has 0 saturated carbocycles. The number of hydrogen-bond donors (Lipinski definition) is 2. The van der Waals surface area contributed by atoms with Crippen LogP contribution in [0.1, 0.15) is 22.0 Å². The van der Waals surface area contributed by atoms with E-state index in [1.54, 1.807) is 48.5 Å². The number of amides is 1. The van der Waals surface area contributed by atoms with Crippen molar-refractivity contribution in [2.24, 2.45) is 0 Å². The van der Waals surface area contributed by atoms with Gasteiger partial charge < -0.3 is 10.4 Å². The molecule has 1 atom stereocenters. The summed E-state index contributed by atoms with van der Waals surface area (Å²) < 4.78 is 13.8. The van der Waals surface area contributed by atoms with Crippen molar-refractivity contribution in [3.63, 3.8) is 0 Å². The summed E-state index contributed by atoms with van der Waals surface area (Å²) in [4.78, 5) is 27.9. The Morgan fingerprint density at radius 2 is 1.81 bits per heavy atom. The van der Waals surface area contributed by atoms with Crippen LogP contribution in [0.5, 0.6) is 0 Å². The van der Waals surface area contributed by atoms with Crippen LogP contribution in [0.25, 0.3) is 10.6 Å². The van der Waals surface area contributed by atoms with E-state index in [0.29, 0.717) is 16.1 Å². The number of thiazole rings is 1. The fourth-order valence-corrected chi connectivity index (χ4v) is 3.28. The van der Waals surface area contributed by atoms with Crippen molar-refractivity contribution in [2.75, 3.05) is 6.54 Å². The van der Waals surface area contributed by atoms with Gasteiger partial charge in [-0.05, 0) is 17.7 Å². The van der Waals surface area contributed by atoms with Gasteiger partial charge in [-0.1, -0.05) is 42.5 Å². The van der Waals surface area contributed by atoms with Crippen molar-refractivity contribution < 1.29 is 19.1 Å². The van der Waals surface area contributed by atoms with Crippen LogP contribution in [0.4, 0.5) is 4.39 Å². The molecule has 0 spiro atoms. The smallest absolute Gasteiger partial charge is 0.312 e. The Morgan fingerprint density at radius 3 is 2.50 bits per heavy atom. The summed E-state index contributed by atoms with van der Waals surface area (Å²) in [7, 11) is 0. The minimum Gasteiger partial charge on any atom is -0.481 e. The molecule has 3 aromatic rings. The fraction of sp³-hybridized carbons (Fsp3) is 0.105. The molecule has 0 aliphatic carbocycles. The van der Waals surface area contributed by atoms with Crippen molar-refractivity contribution >= 4 is 23.2 Å². The first-order valence-corrected chi connectivity index (χ1v) is 8.70. The number of carbonyl (C=O) groups excluding carboxylic acids is 1. The molecule has 2 aromatic carbocycles. The average Bonchev–Trinajstić information content (AvgIpc) is 3.13. The number of halogens is 1. The van der Waals surface area contributed by atoms with E-state index in [9.17, 15) is 19.1 Å². The maximum atomic E-state index is 13.8. The minimum atomic E-state index is -1.03. The number of carboxylic acids is 1. The highest BCUT2D eigenvalue weighted by atomic mass is 32.1. The Hall–Kier alpha value is -3.06. The fourth-order valence-electron chi connectivity index (χ4n) is 2.45. The van der Waals surface area contributed by atoms with Gasteiger partial charge in [-0.3, -0.25) is 9.59 Å². The molecule has 26 heavy (non-hydrogen) atoms. The summed E-state index contributed by atoms with van der Waals surface area (Å²) in [5, 5.41) is 13.9. The van der Waals surface area contributed by atoms with Gasteiger partial charge in [-0.25, -0.2) is 9.37 Å². The van der Waals surface area contributed by atoms with Gasteiger partial charge in [-0.2, -0.15) is 0 Å². The molecule has 1 unspecified atom stereocenters. The molecule has 7 heteroatoms. The minimum absolute atomic E-state index is 0.0647. The summed E-state index contributed by atoms with van der Waals surface area (Å²) >= 11 is 1.15. The lowest BCUT2D eigenvalue weighted by Crippen LogP contribution is -2.31. The van der Waals surface area contributed by atoms with Crippen molar-refractivity contribution in [3.8, 4) is 10.6 Å². The average molecular weight is 370 g/mol. The van der Waals surface area contributed by atoms with Gasteiger partial charge >= 0.3 is 5.97 Å². The van der Waals surface area contributed by atoms with E-state index >= 15 is 0 Å². The van der Waals surface area contributed by atoms with Crippen LogP contribution in [-0.4, -0.2) is 28.5 Å². The predicted octanol–water partition coefficient (Wildman–Crippen LogP) is 3.55. The molecule has 2 N–H and O–H groups in total. The third kappa shape index (κ3) is 3.94. The molecule has 5 nitrogen and oxygen atoms in total. The lowest BCUT2D eigenvalue weighted by Gasteiger charge is -2.13. The Balaban J connectivity index is 1.71. The first kappa shape index (κ1) is 17.8. The molecule has 0 aliphatic heterocycles. The molecule has 0 saturated heterocycles. The Labute approximate surface area is 153 Å². The zero-order chi connectivity index (χ0) is 18.5. The van der Waals surface area contributed by atoms with E-state index < -0.39 is 23.6 Å². The van der Waals surface area contributed by atoms with E-state index in [-0.39, 0.29) is 12.2 Å². The van der Waals surface area contributed by atoms with Crippen LogP contribution in [0.15, 0.2) is 60.0 Å². The number of carboxylic acid groups (broad SMARTS) is 1. The first-order valence-electron chi connectivity index (χ1n) is 7.82. The number of rotatable bonds is 6. The number of hydrogen-bond acceptors (Lipinski definition) is 4. The molecule has 1 heterocycles. The van der Waals surface area contributed by atoms with Gasteiger partial charge in [0.05, 0.1) is 5.92 Å². The van der Waals surface area contributed by atoms with Crippen molar-refractivity contribution in [1.29, 1.82) is 0 Å². The zero-order valence-corrected chi connectivity index (χ0v) is 14.4. The number of aromatic nitrogens is 1. The normalized spacial score (nSPS) is 11.7. The molecule has 3 rings (SSSR count). The Bertz CT molecular complexity index is 927. The van der Waals surface area contributed by atoms with Gasteiger partial charge in [0, 0.05) is 17.5 Å². The second-order valence-electron chi connectivity index (χ2n) is 5.53. The predicted molar refractivity (Wildman–Crippen MR) is 96.7 cm³/mol. The lowest BCUT2D eigenvalue weighted by atomic mass is 9.99. The maximum absolute atomic E-state index is 13.8. The topological polar surface area (TPSA) is 79.3 Å². The second-order valence-corrected chi connectivity index (χ2v) is 6.39. The summed E-state index contributed by atoms with van der Waals surface area (Å²) in [6.45, 7) is -0.0647. The number of aliphatic carboxylic acids is 1. The van der Waals surface area contributed by atoms with Gasteiger partial charge in [0.2, 0.25) is 0 Å². The highest BCUT2D eigenvalue weighted by molar-refractivity contribution is 7.13. The highest BCUT2D eigenvalue weighted by Gasteiger charge is 2.21. The third-order valence-corrected chi connectivity index (χ3v) is 4.68. The van der Waals surface area contributed by atoms with Gasteiger partial charge in [0.1, 0.15) is 16.5 Å². The Kier molecular flexibility index (Phi) is 5.38. The van der Waals surface area contributed by atoms with E-state index in [1.807, 2.05) is 0 Å². The zero-order valence-electron chi connectivity index (χ0n) is 13.6. The van der Waals surface area contributed by atoms with Crippen LogP contribution >= 0.6 is 11.3 Å². The summed E-state index contributed by atoms with van der Waals surface area (Å²) in [6.07, 6.45) is 0. The molecule has 0 aliphatic rings. The van der Waals surface area contributed by atoms with Crippen LogP contribution < -0.4 is 5.32 Å². The molecule has 0 radical (unpaired) electrons. The van der Waals surface area contributed by atoms with Crippen LogP contribution in [-0.2, 0) is 4.79 Å². The van der Waals surface area contributed by atoms with Crippen LogP contribution in [0.3, 0.4) is 0 Å². The van der Waals surface area contributed by atoms with Crippen LogP contribution in [0.2, 0.25) is 0 Å². The van der Waals surface area contributed by atoms with Crippen molar-refractivity contribution in [2.45, 2.75) is 5.92 Å². The Morgan fingerprint density at radius 1 is 1.12 bits per heavy atom. The van der Waals surface area contributed by atoms with Gasteiger partial charge in [0.15, 0.2) is 0 Å².